The normalized spacial score (nSPS) is 18.2. The molecule has 1 aliphatic rings. The van der Waals surface area contributed by atoms with Gasteiger partial charge < -0.3 is 10.5 Å². The van der Waals surface area contributed by atoms with Crippen LogP contribution in [0.15, 0.2) is 0 Å². The summed E-state index contributed by atoms with van der Waals surface area (Å²) in [6, 6.07) is 0. The van der Waals surface area contributed by atoms with Crippen molar-refractivity contribution in [3.05, 3.63) is 0 Å². The van der Waals surface area contributed by atoms with E-state index in [0.717, 1.165) is 25.7 Å². The van der Waals surface area contributed by atoms with Crippen molar-refractivity contribution >= 4 is 6.09 Å². The summed E-state index contributed by atoms with van der Waals surface area (Å²) < 4.78 is 5.48. The van der Waals surface area contributed by atoms with Crippen LogP contribution in [0.1, 0.15) is 52.9 Å². The average molecular weight is 228 g/mol. The van der Waals surface area contributed by atoms with Gasteiger partial charge in [-0.1, -0.05) is 6.42 Å². The molecule has 1 rings (SSSR count). The zero-order valence-electron chi connectivity index (χ0n) is 10.7. The molecule has 16 heavy (non-hydrogen) atoms. The lowest BCUT2D eigenvalue weighted by atomic mass is 9.98. The molecule has 0 radical (unpaired) electrons. The van der Waals surface area contributed by atoms with Crippen LogP contribution in [-0.4, -0.2) is 29.3 Å². The number of carbonyl (C=O) groups excluding carboxylic acids is 1. The first kappa shape index (κ1) is 13.3. The van der Waals surface area contributed by atoms with Crippen molar-refractivity contribution in [2.75, 3.05) is 6.67 Å². The van der Waals surface area contributed by atoms with Crippen LogP contribution in [0.5, 0.6) is 0 Å². The fourth-order valence-electron chi connectivity index (χ4n) is 2.01. The van der Waals surface area contributed by atoms with Gasteiger partial charge in [0.25, 0.3) is 0 Å². The predicted octanol–water partition coefficient (Wildman–Crippen LogP) is 2.47. The van der Waals surface area contributed by atoms with Crippen LogP contribution < -0.4 is 5.73 Å². The van der Waals surface area contributed by atoms with Gasteiger partial charge in [-0.05, 0) is 46.5 Å². The first-order chi connectivity index (χ1) is 7.45. The zero-order valence-corrected chi connectivity index (χ0v) is 10.7. The third-order valence-electron chi connectivity index (χ3n) is 3.03. The highest BCUT2D eigenvalue weighted by Gasteiger charge is 2.28. The first-order valence-electron chi connectivity index (χ1n) is 6.13. The minimum Gasteiger partial charge on any atom is -0.446 e. The summed E-state index contributed by atoms with van der Waals surface area (Å²) in [6.45, 7) is 6.08. The standard InChI is InChI=1S/C12H24N2O2/c1-12(2,3)14(9-13)11(15)16-10-7-5-4-6-8-10/h10H,4-9,13H2,1-3H3. The second kappa shape index (κ2) is 5.53. The van der Waals surface area contributed by atoms with Crippen LogP contribution in [0, 0.1) is 0 Å². The van der Waals surface area contributed by atoms with Gasteiger partial charge in [0.15, 0.2) is 0 Å². The third-order valence-corrected chi connectivity index (χ3v) is 3.03. The van der Waals surface area contributed by atoms with Crippen molar-refractivity contribution in [2.24, 2.45) is 5.73 Å². The third kappa shape index (κ3) is 3.67. The molecule has 1 amide bonds. The minimum absolute atomic E-state index is 0.0950. The Labute approximate surface area is 98.1 Å². The number of rotatable bonds is 2. The van der Waals surface area contributed by atoms with E-state index in [2.05, 4.69) is 0 Å². The smallest absolute Gasteiger partial charge is 0.411 e. The van der Waals surface area contributed by atoms with Gasteiger partial charge >= 0.3 is 6.09 Å². The summed E-state index contributed by atoms with van der Waals surface area (Å²) in [4.78, 5) is 13.5. The number of nitrogens with zero attached hydrogens (tertiary/aromatic N) is 1. The molecule has 0 spiro atoms. The summed E-state index contributed by atoms with van der Waals surface area (Å²) in [5, 5.41) is 0. The van der Waals surface area contributed by atoms with Crippen LogP contribution >= 0.6 is 0 Å². The van der Waals surface area contributed by atoms with E-state index in [4.69, 9.17) is 10.5 Å². The number of carbonyl (C=O) groups is 1. The van der Waals surface area contributed by atoms with Crippen molar-refractivity contribution in [1.82, 2.24) is 4.90 Å². The molecule has 0 aromatic carbocycles. The van der Waals surface area contributed by atoms with Gasteiger partial charge in [0, 0.05) is 5.54 Å². The number of ether oxygens (including phenoxy) is 1. The molecule has 4 heteroatoms. The highest BCUT2D eigenvalue weighted by Crippen LogP contribution is 2.22. The monoisotopic (exact) mass is 228 g/mol. The van der Waals surface area contributed by atoms with Crippen LogP contribution in [0.3, 0.4) is 0 Å². The number of hydrogen-bond acceptors (Lipinski definition) is 3. The van der Waals surface area contributed by atoms with Crippen LogP contribution in [-0.2, 0) is 4.74 Å². The molecule has 1 saturated carbocycles. The van der Waals surface area contributed by atoms with Gasteiger partial charge in [0.2, 0.25) is 0 Å². The topological polar surface area (TPSA) is 55.6 Å². The summed E-state index contributed by atoms with van der Waals surface area (Å²) in [7, 11) is 0. The van der Waals surface area contributed by atoms with E-state index < -0.39 is 0 Å². The molecule has 94 valence electrons. The van der Waals surface area contributed by atoms with Crippen molar-refractivity contribution in [1.29, 1.82) is 0 Å². The molecule has 4 nitrogen and oxygen atoms in total. The Bertz CT molecular complexity index is 230. The van der Waals surface area contributed by atoms with E-state index in [-0.39, 0.29) is 24.4 Å². The summed E-state index contributed by atoms with van der Waals surface area (Å²) in [5.74, 6) is 0. The van der Waals surface area contributed by atoms with Crippen LogP contribution in [0.2, 0.25) is 0 Å². The fraction of sp³-hybridized carbons (Fsp3) is 0.917. The second-order valence-corrected chi connectivity index (χ2v) is 5.43. The maximum absolute atomic E-state index is 11.9. The number of hydrogen-bond donors (Lipinski definition) is 1. The fourth-order valence-corrected chi connectivity index (χ4v) is 2.01. The highest BCUT2D eigenvalue weighted by atomic mass is 16.6. The van der Waals surface area contributed by atoms with Crippen molar-refractivity contribution in [3.63, 3.8) is 0 Å². The average Bonchev–Trinajstić information content (AvgIpc) is 2.17. The molecule has 0 heterocycles. The van der Waals surface area contributed by atoms with Gasteiger partial charge in [-0.2, -0.15) is 0 Å². The van der Waals surface area contributed by atoms with Gasteiger partial charge in [-0.3, -0.25) is 4.90 Å². The molecule has 0 unspecified atom stereocenters. The van der Waals surface area contributed by atoms with Gasteiger partial charge in [0.05, 0.1) is 6.67 Å². The maximum atomic E-state index is 11.9. The molecular weight excluding hydrogens is 204 g/mol. The molecule has 0 saturated heterocycles. The Hall–Kier alpha value is -0.770. The Morgan fingerprint density at radius 1 is 1.31 bits per heavy atom. The molecule has 0 aromatic heterocycles. The molecule has 0 aromatic rings. The molecule has 0 aliphatic heterocycles. The Morgan fingerprint density at radius 3 is 2.31 bits per heavy atom. The van der Waals surface area contributed by atoms with Crippen LogP contribution in [0.4, 0.5) is 4.79 Å². The van der Waals surface area contributed by atoms with Gasteiger partial charge in [0.1, 0.15) is 6.10 Å². The lowest BCUT2D eigenvalue weighted by molar-refractivity contribution is 0.0253. The summed E-state index contributed by atoms with van der Waals surface area (Å²) >= 11 is 0. The molecular formula is C12H24N2O2. The van der Waals surface area contributed by atoms with Gasteiger partial charge in [-0.25, -0.2) is 4.79 Å². The van der Waals surface area contributed by atoms with E-state index in [1.54, 1.807) is 4.90 Å². The minimum atomic E-state index is -0.277. The lowest BCUT2D eigenvalue weighted by Crippen LogP contribution is -2.49. The van der Waals surface area contributed by atoms with Crippen LogP contribution in [0.25, 0.3) is 0 Å². The zero-order chi connectivity index (χ0) is 12.2. The van der Waals surface area contributed by atoms with Crippen molar-refractivity contribution in [3.8, 4) is 0 Å². The number of amides is 1. The second-order valence-electron chi connectivity index (χ2n) is 5.43. The van der Waals surface area contributed by atoms with E-state index in [1.807, 2.05) is 20.8 Å². The van der Waals surface area contributed by atoms with Gasteiger partial charge in [-0.15, -0.1) is 0 Å². The number of nitrogens with two attached hydrogens (primary N) is 1. The molecule has 2 N–H and O–H groups in total. The maximum Gasteiger partial charge on any atom is 0.411 e. The Kier molecular flexibility index (Phi) is 4.59. The van der Waals surface area contributed by atoms with E-state index >= 15 is 0 Å². The van der Waals surface area contributed by atoms with E-state index in [1.165, 1.54) is 6.42 Å². The summed E-state index contributed by atoms with van der Waals surface area (Å²) in [5.41, 5.74) is 5.31. The molecule has 0 atom stereocenters. The largest absolute Gasteiger partial charge is 0.446 e. The molecule has 1 aliphatic carbocycles. The Morgan fingerprint density at radius 2 is 1.88 bits per heavy atom. The van der Waals surface area contributed by atoms with Crippen molar-refractivity contribution in [2.45, 2.75) is 64.5 Å². The van der Waals surface area contributed by atoms with Crippen molar-refractivity contribution < 1.29 is 9.53 Å². The quantitative estimate of drug-likeness (QED) is 0.739. The first-order valence-corrected chi connectivity index (χ1v) is 6.13. The lowest BCUT2D eigenvalue weighted by Gasteiger charge is -2.35. The molecule has 1 fully saturated rings. The predicted molar refractivity (Wildman–Crippen MR) is 64.0 cm³/mol. The SMILES string of the molecule is CC(C)(C)N(CN)C(=O)OC1CCCCC1. The summed E-state index contributed by atoms with van der Waals surface area (Å²) in [6.07, 6.45) is 5.39. The Balaban J connectivity index is 2.48. The van der Waals surface area contributed by atoms with E-state index in [9.17, 15) is 4.79 Å². The highest BCUT2D eigenvalue weighted by molar-refractivity contribution is 5.68. The molecule has 0 bridgehead atoms. The van der Waals surface area contributed by atoms with E-state index in [0.29, 0.717) is 0 Å².